The number of phenolic OH excluding ortho intramolecular Hbond substituents is 2. The average Bonchev–Trinajstić information content (AvgIpc) is 2.25. The second-order valence-corrected chi connectivity index (χ2v) is 3.72. The highest BCUT2D eigenvalue weighted by Gasteiger charge is 2.16. The quantitative estimate of drug-likeness (QED) is 0.641. The monoisotopic (exact) mass is 209 g/mol. The number of nitrogens with one attached hydrogen (secondary N) is 1. The summed E-state index contributed by atoms with van der Waals surface area (Å²) in [6, 6.07) is 4.31. The summed E-state index contributed by atoms with van der Waals surface area (Å²) in [7, 11) is 0. The van der Waals surface area contributed by atoms with E-state index < -0.39 is 0 Å². The summed E-state index contributed by atoms with van der Waals surface area (Å²) in [5.74, 6) is 0.546. The molecule has 82 valence electrons. The largest absolute Gasteiger partial charge is 0.508 e. The standard InChI is InChI=1S/C11H15NO3/c13-8-1-2-10(14)11(7-8)15-9-3-5-12-6-4-9/h1-2,7,9,12-14H,3-6H2. The van der Waals surface area contributed by atoms with Gasteiger partial charge < -0.3 is 20.3 Å². The van der Waals surface area contributed by atoms with Crippen molar-refractivity contribution in [1.82, 2.24) is 5.32 Å². The minimum Gasteiger partial charge on any atom is -0.508 e. The molecule has 15 heavy (non-hydrogen) atoms. The van der Waals surface area contributed by atoms with E-state index in [2.05, 4.69) is 5.32 Å². The first-order valence-electron chi connectivity index (χ1n) is 5.15. The molecule has 0 saturated carbocycles. The maximum absolute atomic E-state index is 9.51. The van der Waals surface area contributed by atoms with Crippen LogP contribution in [-0.4, -0.2) is 29.4 Å². The van der Waals surface area contributed by atoms with E-state index in [1.54, 1.807) is 0 Å². The van der Waals surface area contributed by atoms with Crippen LogP contribution in [0.1, 0.15) is 12.8 Å². The van der Waals surface area contributed by atoms with Gasteiger partial charge in [-0.3, -0.25) is 0 Å². The van der Waals surface area contributed by atoms with Gasteiger partial charge >= 0.3 is 0 Å². The Balaban J connectivity index is 2.05. The van der Waals surface area contributed by atoms with E-state index in [9.17, 15) is 10.2 Å². The number of benzene rings is 1. The number of hydrogen-bond acceptors (Lipinski definition) is 4. The number of aromatic hydroxyl groups is 2. The third-order valence-electron chi connectivity index (χ3n) is 2.52. The number of piperidine rings is 1. The normalized spacial score (nSPS) is 17.6. The molecule has 0 unspecified atom stereocenters. The molecule has 1 aromatic rings. The van der Waals surface area contributed by atoms with E-state index in [1.165, 1.54) is 18.2 Å². The van der Waals surface area contributed by atoms with Crippen LogP contribution in [-0.2, 0) is 0 Å². The molecule has 4 heteroatoms. The summed E-state index contributed by atoms with van der Waals surface area (Å²) in [5, 5.41) is 22.0. The van der Waals surface area contributed by atoms with Crippen molar-refractivity contribution in [3.05, 3.63) is 18.2 Å². The molecular weight excluding hydrogens is 194 g/mol. The molecular formula is C11H15NO3. The van der Waals surface area contributed by atoms with Crippen LogP contribution in [0.2, 0.25) is 0 Å². The first-order valence-corrected chi connectivity index (χ1v) is 5.15. The highest BCUT2D eigenvalue weighted by molar-refractivity contribution is 5.44. The summed E-state index contributed by atoms with van der Waals surface area (Å²) in [5.41, 5.74) is 0. The van der Waals surface area contributed by atoms with E-state index in [4.69, 9.17) is 4.74 Å². The second kappa shape index (κ2) is 4.40. The van der Waals surface area contributed by atoms with Crippen LogP contribution in [0.3, 0.4) is 0 Å². The van der Waals surface area contributed by atoms with E-state index in [0.29, 0.717) is 5.75 Å². The third kappa shape index (κ3) is 2.53. The fourth-order valence-corrected chi connectivity index (χ4v) is 1.69. The lowest BCUT2D eigenvalue weighted by atomic mass is 10.1. The molecule has 1 saturated heterocycles. The van der Waals surface area contributed by atoms with Crippen molar-refractivity contribution in [2.45, 2.75) is 18.9 Å². The molecule has 0 amide bonds. The summed E-state index contributed by atoms with van der Waals surface area (Å²) in [4.78, 5) is 0. The average molecular weight is 209 g/mol. The van der Waals surface area contributed by atoms with Gasteiger partial charge in [-0.15, -0.1) is 0 Å². The fraction of sp³-hybridized carbons (Fsp3) is 0.455. The Morgan fingerprint density at radius 1 is 1.20 bits per heavy atom. The Hall–Kier alpha value is -1.42. The molecule has 1 heterocycles. The summed E-state index contributed by atoms with van der Waals surface area (Å²) >= 11 is 0. The van der Waals surface area contributed by atoms with Crippen molar-refractivity contribution in [3.63, 3.8) is 0 Å². The van der Waals surface area contributed by atoms with Gasteiger partial charge in [0, 0.05) is 6.07 Å². The van der Waals surface area contributed by atoms with Crippen molar-refractivity contribution in [1.29, 1.82) is 0 Å². The lowest BCUT2D eigenvalue weighted by Gasteiger charge is -2.24. The zero-order chi connectivity index (χ0) is 10.7. The molecule has 0 bridgehead atoms. The molecule has 4 nitrogen and oxygen atoms in total. The molecule has 0 atom stereocenters. The molecule has 0 spiro atoms. The van der Waals surface area contributed by atoms with Gasteiger partial charge in [-0.25, -0.2) is 0 Å². The summed E-state index contributed by atoms with van der Waals surface area (Å²) in [6.07, 6.45) is 1.98. The Morgan fingerprint density at radius 2 is 1.93 bits per heavy atom. The highest BCUT2D eigenvalue weighted by atomic mass is 16.5. The smallest absolute Gasteiger partial charge is 0.165 e. The van der Waals surface area contributed by atoms with Crippen LogP contribution < -0.4 is 10.1 Å². The second-order valence-electron chi connectivity index (χ2n) is 3.72. The Morgan fingerprint density at radius 3 is 2.67 bits per heavy atom. The van der Waals surface area contributed by atoms with Gasteiger partial charge in [-0.05, 0) is 38.1 Å². The number of rotatable bonds is 2. The van der Waals surface area contributed by atoms with Crippen molar-refractivity contribution in [2.75, 3.05) is 13.1 Å². The first-order chi connectivity index (χ1) is 7.25. The van der Waals surface area contributed by atoms with Crippen molar-refractivity contribution < 1.29 is 14.9 Å². The SMILES string of the molecule is Oc1ccc(O)c(OC2CCNCC2)c1. The number of phenols is 2. The fourth-order valence-electron chi connectivity index (χ4n) is 1.69. The van der Waals surface area contributed by atoms with Crippen molar-refractivity contribution in [2.24, 2.45) is 0 Å². The van der Waals surface area contributed by atoms with Crippen LogP contribution in [0.4, 0.5) is 0 Å². The lowest BCUT2D eigenvalue weighted by Crippen LogP contribution is -2.34. The van der Waals surface area contributed by atoms with Crippen LogP contribution in [0.5, 0.6) is 17.2 Å². The minimum absolute atomic E-state index is 0.0753. The molecule has 1 aliphatic heterocycles. The molecule has 0 radical (unpaired) electrons. The lowest BCUT2D eigenvalue weighted by molar-refractivity contribution is 0.156. The van der Waals surface area contributed by atoms with E-state index in [0.717, 1.165) is 25.9 Å². The van der Waals surface area contributed by atoms with Crippen LogP contribution in [0.15, 0.2) is 18.2 Å². The van der Waals surface area contributed by atoms with E-state index in [-0.39, 0.29) is 17.6 Å². The molecule has 0 aliphatic carbocycles. The zero-order valence-electron chi connectivity index (χ0n) is 8.44. The van der Waals surface area contributed by atoms with Gasteiger partial charge in [0.25, 0.3) is 0 Å². The number of ether oxygens (including phenoxy) is 1. The van der Waals surface area contributed by atoms with Crippen LogP contribution in [0, 0.1) is 0 Å². The van der Waals surface area contributed by atoms with Gasteiger partial charge in [-0.2, -0.15) is 0 Å². The molecule has 1 aromatic carbocycles. The first kappa shape index (κ1) is 10.1. The van der Waals surface area contributed by atoms with Crippen LogP contribution in [0.25, 0.3) is 0 Å². The predicted molar refractivity (Wildman–Crippen MR) is 56.3 cm³/mol. The summed E-state index contributed by atoms with van der Waals surface area (Å²) in [6.45, 7) is 1.87. The molecule has 3 N–H and O–H groups in total. The van der Waals surface area contributed by atoms with Crippen LogP contribution >= 0.6 is 0 Å². The van der Waals surface area contributed by atoms with E-state index in [1.807, 2.05) is 0 Å². The van der Waals surface area contributed by atoms with Gasteiger partial charge in [0.1, 0.15) is 11.9 Å². The van der Waals surface area contributed by atoms with Crippen molar-refractivity contribution in [3.8, 4) is 17.2 Å². The Labute approximate surface area is 88.5 Å². The van der Waals surface area contributed by atoms with Crippen molar-refractivity contribution >= 4 is 0 Å². The molecule has 0 aromatic heterocycles. The topological polar surface area (TPSA) is 61.7 Å². The highest BCUT2D eigenvalue weighted by Crippen LogP contribution is 2.31. The Bertz CT molecular complexity index is 335. The van der Waals surface area contributed by atoms with Gasteiger partial charge in [0.15, 0.2) is 11.5 Å². The zero-order valence-corrected chi connectivity index (χ0v) is 8.44. The predicted octanol–water partition coefficient (Wildman–Crippen LogP) is 1.23. The van der Waals surface area contributed by atoms with Gasteiger partial charge in [0.05, 0.1) is 0 Å². The molecule has 1 fully saturated rings. The number of hydrogen-bond donors (Lipinski definition) is 3. The Kier molecular flexibility index (Phi) is 2.97. The van der Waals surface area contributed by atoms with Gasteiger partial charge in [0.2, 0.25) is 0 Å². The third-order valence-corrected chi connectivity index (χ3v) is 2.52. The van der Waals surface area contributed by atoms with Gasteiger partial charge in [-0.1, -0.05) is 0 Å². The maximum Gasteiger partial charge on any atom is 0.165 e. The maximum atomic E-state index is 9.51. The summed E-state index contributed by atoms with van der Waals surface area (Å²) < 4.78 is 5.62. The minimum atomic E-state index is 0.0753. The molecule has 1 aliphatic rings. The molecule has 2 rings (SSSR count). The van der Waals surface area contributed by atoms with E-state index >= 15 is 0 Å².